The van der Waals surface area contributed by atoms with Crippen molar-refractivity contribution in [3.63, 3.8) is 0 Å². The first kappa shape index (κ1) is 22.5. The summed E-state index contributed by atoms with van der Waals surface area (Å²) in [6, 6.07) is 0.402. The second-order valence-corrected chi connectivity index (χ2v) is 8.14. The van der Waals surface area contributed by atoms with Gasteiger partial charge in [0.25, 0.3) is 0 Å². The molecule has 0 aromatic heterocycles. The first-order valence-corrected chi connectivity index (χ1v) is 9.81. The Balaban J connectivity index is 2.47. The van der Waals surface area contributed by atoms with E-state index in [2.05, 4.69) is 15.6 Å². The average molecular weight is 371 g/mol. The van der Waals surface area contributed by atoms with E-state index in [1.807, 2.05) is 34.6 Å². The lowest BCUT2D eigenvalue weighted by molar-refractivity contribution is 0.0231. The lowest BCUT2D eigenvalue weighted by atomic mass is 9.93. The SMILES string of the molecule is CCNC(=NCCC(C)N(C)C(=O)OC(C)(C)C)NC1CCC(O)CC1. The number of hydrogen-bond donors (Lipinski definition) is 3. The van der Waals surface area contributed by atoms with E-state index in [4.69, 9.17) is 4.74 Å². The third-order valence-electron chi connectivity index (χ3n) is 4.54. The van der Waals surface area contributed by atoms with E-state index >= 15 is 0 Å². The van der Waals surface area contributed by atoms with Crippen LogP contribution in [0.25, 0.3) is 0 Å². The Bertz CT molecular complexity index is 454. The monoisotopic (exact) mass is 370 g/mol. The number of aliphatic imine (C=N–C) groups is 1. The number of ether oxygens (including phenoxy) is 1. The summed E-state index contributed by atoms with van der Waals surface area (Å²) >= 11 is 0. The molecule has 152 valence electrons. The van der Waals surface area contributed by atoms with Crippen LogP contribution in [0, 0.1) is 0 Å². The van der Waals surface area contributed by atoms with E-state index in [1.165, 1.54) is 0 Å². The van der Waals surface area contributed by atoms with E-state index in [-0.39, 0.29) is 18.2 Å². The molecule has 0 radical (unpaired) electrons. The second kappa shape index (κ2) is 10.6. The fourth-order valence-electron chi connectivity index (χ4n) is 2.80. The third-order valence-corrected chi connectivity index (χ3v) is 4.54. The molecular weight excluding hydrogens is 332 g/mol. The molecular formula is C19H38N4O3. The van der Waals surface area contributed by atoms with Crippen molar-refractivity contribution in [1.82, 2.24) is 15.5 Å². The van der Waals surface area contributed by atoms with Gasteiger partial charge in [-0.2, -0.15) is 0 Å². The van der Waals surface area contributed by atoms with Crippen LogP contribution in [0.2, 0.25) is 0 Å². The summed E-state index contributed by atoms with van der Waals surface area (Å²) < 4.78 is 5.40. The summed E-state index contributed by atoms with van der Waals surface area (Å²) in [5.41, 5.74) is -0.487. The maximum absolute atomic E-state index is 12.1. The van der Waals surface area contributed by atoms with Gasteiger partial charge in [-0.15, -0.1) is 0 Å². The van der Waals surface area contributed by atoms with Crippen LogP contribution < -0.4 is 10.6 Å². The van der Waals surface area contributed by atoms with Gasteiger partial charge in [0.1, 0.15) is 5.60 Å². The Hall–Kier alpha value is -1.50. The molecule has 1 fully saturated rings. The van der Waals surface area contributed by atoms with Gasteiger partial charge in [-0.25, -0.2) is 4.79 Å². The molecule has 1 saturated carbocycles. The standard InChI is InChI=1S/C19H38N4O3/c1-7-20-17(22-15-8-10-16(24)11-9-15)21-13-12-14(2)23(6)18(25)26-19(3,4)5/h14-16,24H,7-13H2,1-6H3,(H2,20,21,22). The molecule has 1 aliphatic rings. The van der Waals surface area contributed by atoms with E-state index < -0.39 is 5.60 Å². The van der Waals surface area contributed by atoms with Gasteiger partial charge in [-0.05, 0) is 66.7 Å². The number of nitrogens with one attached hydrogen (secondary N) is 2. The molecule has 0 aromatic rings. The molecule has 0 spiro atoms. The van der Waals surface area contributed by atoms with Crippen LogP contribution in [0.4, 0.5) is 4.79 Å². The van der Waals surface area contributed by atoms with Gasteiger partial charge in [0.15, 0.2) is 5.96 Å². The third kappa shape index (κ3) is 8.74. The largest absolute Gasteiger partial charge is 0.444 e. The number of rotatable bonds is 6. The number of nitrogens with zero attached hydrogens (tertiary/aromatic N) is 2. The first-order chi connectivity index (χ1) is 12.1. The molecule has 1 amide bonds. The van der Waals surface area contributed by atoms with Crippen molar-refractivity contribution in [3.8, 4) is 0 Å². The maximum atomic E-state index is 12.1. The fourth-order valence-corrected chi connectivity index (χ4v) is 2.80. The minimum Gasteiger partial charge on any atom is -0.444 e. The van der Waals surface area contributed by atoms with E-state index in [0.29, 0.717) is 12.6 Å². The number of aliphatic hydroxyl groups excluding tert-OH is 1. The minimum atomic E-state index is -0.487. The quantitative estimate of drug-likeness (QED) is 0.494. The van der Waals surface area contributed by atoms with E-state index in [0.717, 1.165) is 44.6 Å². The lowest BCUT2D eigenvalue weighted by Crippen LogP contribution is -2.45. The van der Waals surface area contributed by atoms with Crippen LogP contribution in [0.5, 0.6) is 0 Å². The number of amides is 1. The van der Waals surface area contributed by atoms with Crippen molar-refractivity contribution in [2.45, 2.75) is 90.5 Å². The van der Waals surface area contributed by atoms with Gasteiger partial charge in [0.05, 0.1) is 6.10 Å². The summed E-state index contributed by atoms with van der Waals surface area (Å²) in [7, 11) is 1.76. The predicted molar refractivity (Wildman–Crippen MR) is 105 cm³/mol. The molecule has 1 atom stereocenters. The summed E-state index contributed by atoms with van der Waals surface area (Å²) in [5.74, 6) is 0.806. The van der Waals surface area contributed by atoms with Gasteiger partial charge in [-0.1, -0.05) is 0 Å². The predicted octanol–water partition coefficient (Wildman–Crippen LogP) is 2.49. The van der Waals surface area contributed by atoms with Crippen LogP contribution in [-0.2, 0) is 4.74 Å². The molecule has 0 bridgehead atoms. The van der Waals surface area contributed by atoms with Gasteiger partial charge in [0, 0.05) is 32.2 Å². The number of guanidine groups is 1. The fraction of sp³-hybridized carbons (Fsp3) is 0.895. The normalized spacial score (nSPS) is 22.5. The maximum Gasteiger partial charge on any atom is 0.410 e. The van der Waals surface area contributed by atoms with Gasteiger partial charge in [0.2, 0.25) is 0 Å². The molecule has 1 rings (SSSR count). The zero-order valence-corrected chi connectivity index (χ0v) is 17.3. The Morgan fingerprint density at radius 3 is 2.46 bits per heavy atom. The van der Waals surface area contributed by atoms with Crippen molar-refractivity contribution in [1.29, 1.82) is 0 Å². The topological polar surface area (TPSA) is 86.2 Å². The molecule has 0 saturated heterocycles. The highest BCUT2D eigenvalue weighted by molar-refractivity contribution is 5.80. The molecule has 7 nitrogen and oxygen atoms in total. The van der Waals surface area contributed by atoms with Crippen molar-refractivity contribution in [3.05, 3.63) is 0 Å². The number of aliphatic hydroxyl groups is 1. The van der Waals surface area contributed by atoms with Crippen LogP contribution >= 0.6 is 0 Å². The van der Waals surface area contributed by atoms with Crippen LogP contribution in [0.3, 0.4) is 0 Å². The summed E-state index contributed by atoms with van der Waals surface area (Å²) in [5, 5.41) is 16.3. The summed E-state index contributed by atoms with van der Waals surface area (Å²) in [6.45, 7) is 11.1. The zero-order valence-electron chi connectivity index (χ0n) is 17.3. The van der Waals surface area contributed by atoms with Crippen molar-refractivity contribution in [2.24, 2.45) is 4.99 Å². The van der Waals surface area contributed by atoms with Crippen molar-refractivity contribution >= 4 is 12.1 Å². The van der Waals surface area contributed by atoms with Crippen molar-refractivity contribution < 1.29 is 14.6 Å². The van der Waals surface area contributed by atoms with Gasteiger partial charge < -0.3 is 25.4 Å². The summed E-state index contributed by atoms with van der Waals surface area (Å²) in [6.07, 6.45) is 3.91. The highest BCUT2D eigenvalue weighted by Crippen LogP contribution is 2.18. The Morgan fingerprint density at radius 2 is 1.92 bits per heavy atom. The average Bonchev–Trinajstić information content (AvgIpc) is 2.54. The number of hydrogen-bond acceptors (Lipinski definition) is 4. The van der Waals surface area contributed by atoms with Crippen molar-refractivity contribution in [2.75, 3.05) is 20.1 Å². The number of carbonyl (C=O) groups excluding carboxylic acids is 1. The Kier molecular flexibility index (Phi) is 9.19. The van der Waals surface area contributed by atoms with E-state index in [1.54, 1.807) is 11.9 Å². The van der Waals surface area contributed by atoms with Gasteiger partial charge in [-0.3, -0.25) is 4.99 Å². The molecule has 0 heterocycles. The van der Waals surface area contributed by atoms with Gasteiger partial charge >= 0.3 is 6.09 Å². The minimum absolute atomic E-state index is 0.0429. The van der Waals surface area contributed by atoms with Crippen LogP contribution in [0.15, 0.2) is 4.99 Å². The molecule has 3 N–H and O–H groups in total. The van der Waals surface area contributed by atoms with E-state index in [9.17, 15) is 9.90 Å². The smallest absolute Gasteiger partial charge is 0.410 e. The molecule has 26 heavy (non-hydrogen) atoms. The Morgan fingerprint density at radius 1 is 1.31 bits per heavy atom. The molecule has 1 aliphatic carbocycles. The molecule has 1 unspecified atom stereocenters. The van der Waals surface area contributed by atoms with Crippen LogP contribution in [-0.4, -0.2) is 66.0 Å². The first-order valence-electron chi connectivity index (χ1n) is 9.81. The Labute approximate surface area is 158 Å². The summed E-state index contributed by atoms with van der Waals surface area (Å²) in [4.78, 5) is 18.4. The molecule has 0 aromatic carbocycles. The highest BCUT2D eigenvalue weighted by atomic mass is 16.6. The molecule has 0 aliphatic heterocycles. The molecule has 7 heteroatoms. The number of carbonyl (C=O) groups is 1. The second-order valence-electron chi connectivity index (χ2n) is 8.14. The highest BCUT2D eigenvalue weighted by Gasteiger charge is 2.23. The zero-order chi connectivity index (χ0) is 19.7. The van der Waals surface area contributed by atoms with Crippen LogP contribution in [0.1, 0.15) is 66.7 Å². The lowest BCUT2D eigenvalue weighted by Gasteiger charge is -2.29.